The number of hydrogen-bond acceptors (Lipinski definition) is 8. The summed E-state index contributed by atoms with van der Waals surface area (Å²) in [5, 5.41) is 0.937. The van der Waals surface area contributed by atoms with Crippen molar-refractivity contribution in [3.8, 4) is 39.8 Å². The molecule has 0 fully saturated rings. The van der Waals surface area contributed by atoms with Crippen LogP contribution in [-0.2, 0) is 6.61 Å². The standard InChI is InChI=1S/C31H22N4O3S/c1-36-26-13-7-14-27(37-2)22(26)16-17-25-30(34-24-12-8-18-32-29(24)33-25)38-19-20-9-3-4-10-21(20)31-35-23-11-5-6-15-28(23)39-31/h3-15,18H,19H2,1-2H3. The van der Waals surface area contributed by atoms with Gasteiger partial charge in [-0.15, -0.1) is 11.3 Å². The number of hydrogen-bond donors (Lipinski definition) is 0. The van der Waals surface area contributed by atoms with Crippen LogP contribution in [0.5, 0.6) is 17.4 Å². The van der Waals surface area contributed by atoms with Crippen molar-refractivity contribution in [2.45, 2.75) is 6.61 Å². The van der Waals surface area contributed by atoms with Gasteiger partial charge >= 0.3 is 0 Å². The topological polar surface area (TPSA) is 79.2 Å². The Balaban J connectivity index is 1.38. The average molecular weight is 531 g/mol. The summed E-state index contributed by atoms with van der Waals surface area (Å²) in [5.41, 5.74) is 5.05. The Morgan fingerprint density at radius 1 is 0.744 bits per heavy atom. The zero-order chi connectivity index (χ0) is 26.6. The van der Waals surface area contributed by atoms with Crippen molar-refractivity contribution in [2.75, 3.05) is 14.2 Å². The molecule has 7 nitrogen and oxygen atoms in total. The maximum Gasteiger partial charge on any atom is 0.250 e. The van der Waals surface area contributed by atoms with E-state index in [2.05, 4.69) is 33.9 Å². The molecule has 0 spiro atoms. The Kier molecular flexibility index (Phi) is 6.73. The molecule has 0 radical (unpaired) electrons. The monoisotopic (exact) mass is 530 g/mol. The first-order chi connectivity index (χ1) is 19.2. The van der Waals surface area contributed by atoms with Crippen molar-refractivity contribution in [2.24, 2.45) is 0 Å². The second-order valence-electron chi connectivity index (χ2n) is 8.44. The van der Waals surface area contributed by atoms with Crippen molar-refractivity contribution >= 4 is 32.7 Å². The van der Waals surface area contributed by atoms with E-state index >= 15 is 0 Å². The number of pyridine rings is 1. The van der Waals surface area contributed by atoms with Gasteiger partial charge in [-0.05, 0) is 47.9 Å². The van der Waals surface area contributed by atoms with Gasteiger partial charge in [-0.1, -0.05) is 48.4 Å². The van der Waals surface area contributed by atoms with E-state index < -0.39 is 0 Å². The highest BCUT2D eigenvalue weighted by Gasteiger charge is 2.14. The summed E-state index contributed by atoms with van der Waals surface area (Å²) < 4.78 is 18.4. The van der Waals surface area contributed by atoms with Crippen LogP contribution in [0.25, 0.3) is 32.0 Å². The first kappa shape index (κ1) is 24.3. The van der Waals surface area contributed by atoms with Crippen LogP contribution >= 0.6 is 11.3 Å². The van der Waals surface area contributed by atoms with Crippen LogP contribution in [0.1, 0.15) is 16.8 Å². The van der Waals surface area contributed by atoms with Crippen LogP contribution in [-0.4, -0.2) is 34.2 Å². The molecule has 0 saturated heterocycles. The van der Waals surface area contributed by atoms with Crippen LogP contribution in [0.4, 0.5) is 0 Å². The number of nitrogens with zero attached hydrogens (tertiary/aromatic N) is 4. The fourth-order valence-corrected chi connectivity index (χ4v) is 5.17. The van der Waals surface area contributed by atoms with Gasteiger partial charge in [0, 0.05) is 11.8 Å². The molecule has 0 N–H and O–H groups in total. The van der Waals surface area contributed by atoms with Gasteiger partial charge in [0.05, 0.1) is 24.4 Å². The Morgan fingerprint density at radius 3 is 2.33 bits per heavy atom. The van der Waals surface area contributed by atoms with Crippen molar-refractivity contribution < 1.29 is 14.2 Å². The Labute approximate surface area is 229 Å². The summed E-state index contributed by atoms with van der Waals surface area (Å²) in [6.07, 6.45) is 1.67. The smallest absolute Gasteiger partial charge is 0.250 e. The highest BCUT2D eigenvalue weighted by atomic mass is 32.1. The summed E-state index contributed by atoms with van der Waals surface area (Å²) >= 11 is 1.65. The van der Waals surface area contributed by atoms with E-state index in [1.54, 1.807) is 31.8 Å². The molecule has 6 aromatic rings. The molecule has 190 valence electrons. The Morgan fingerprint density at radius 2 is 1.51 bits per heavy atom. The zero-order valence-electron chi connectivity index (χ0n) is 21.2. The molecule has 0 aliphatic carbocycles. The quantitative estimate of drug-likeness (QED) is 0.234. The van der Waals surface area contributed by atoms with E-state index in [1.807, 2.05) is 66.7 Å². The minimum Gasteiger partial charge on any atom is -0.495 e. The fraction of sp³-hybridized carbons (Fsp3) is 0.0968. The lowest BCUT2D eigenvalue weighted by Crippen LogP contribution is -2.03. The number of fused-ring (bicyclic) bond motifs is 2. The Bertz CT molecular complexity index is 1820. The average Bonchev–Trinajstić information content (AvgIpc) is 3.43. The normalized spacial score (nSPS) is 10.7. The maximum atomic E-state index is 6.28. The van der Waals surface area contributed by atoms with Crippen LogP contribution < -0.4 is 14.2 Å². The summed E-state index contributed by atoms with van der Waals surface area (Å²) in [5.74, 6) is 7.76. The van der Waals surface area contributed by atoms with E-state index in [1.165, 1.54) is 0 Å². The van der Waals surface area contributed by atoms with Crippen molar-refractivity contribution in [3.05, 3.63) is 102 Å². The van der Waals surface area contributed by atoms with E-state index in [0.717, 1.165) is 26.4 Å². The first-order valence-corrected chi connectivity index (χ1v) is 13.0. The van der Waals surface area contributed by atoms with Gasteiger partial charge in [0.15, 0.2) is 11.3 Å². The van der Waals surface area contributed by atoms with Crippen molar-refractivity contribution in [1.82, 2.24) is 19.9 Å². The Hall–Kier alpha value is -5.00. The van der Waals surface area contributed by atoms with E-state index in [4.69, 9.17) is 24.2 Å². The molecule has 39 heavy (non-hydrogen) atoms. The van der Waals surface area contributed by atoms with Crippen LogP contribution in [0.15, 0.2) is 85.1 Å². The third-order valence-electron chi connectivity index (χ3n) is 6.05. The summed E-state index contributed by atoms with van der Waals surface area (Å²) in [4.78, 5) is 18.5. The number of aromatic nitrogens is 4. The van der Waals surface area contributed by atoms with Crippen LogP contribution in [0.3, 0.4) is 0 Å². The van der Waals surface area contributed by atoms with Crippen LogP contribution in [0.2, 0.25) is 0 Å². The number of methoxy groups -OCH3 is 2. The third kappa shape index (κ3) is 4.96. The van der Waals surface area contributed by atoms with Gasteiger partial charge in [0.1, 0.15) is 34.2 Å². The number of rotatable bonds is 6. The molecule has 3 aromatic carbocycles. The predicted octanol–water partition coefficient (Wildman–Crippen LogP) is 6.30. The maximum absolute atomic E-state index is 6.28. The molecule has 8 heteroatoms. The van der Waals surface area contributed by atoms with Crippen molar-refractivity contribution in [1.29, 1.82) is 0 Å². The minimum absolute atomic E-state index is 0.263. The van der Waals surface area contributed by atoms with Crippen molar-refractivity contribution in [3.63, 3.8) is 0 Å². The van der Waals surface area contributed by atoms with Gasteiger partial charge < -0.3 is 14.2 Å². The van der Waals surface area contributed by atoms with Crippen LogP contribution in [0, 0.1) is 11.8 Å². The predicted molar refractivity (Wildman–Crippen MR) is 152 cm³/mol. The zero-order valence-corrected chi connectivity index (χ0v) is 22.0. The molecule has 0 aliphatic heterocycles. The highest BCUT2D eigenvalue weighted by Crippen LogP contribution is 2.33. The lowest BCUT2D eigenvalue weighted by Gasteiger charge is -2.11. The second kappa shape index (κ2) is 10.8. The second-order valence-corrected chi connectivity index (χ2v) is 9.47. The largest absolute Gasteiger partial charge is 0.495 e. The molecule has 0 bridgehead atoms. The molecule has 0 atom stereocenters. The highest BCUT2D eigenvalue weighted by molar-refractivity contribution is 7.21. The van der Waals surface area contributed by atoms with Gasteiger partial charge in [-0.2, -0.15) is 0 Å². The summed E-state index contributed by atoms with van der Waals surface area (Å²) in [6, 6.07) is 25.4. The van der Waals surface area contributed by atoms with Gasteiger partial charge in [-0.3, -0.25) is 0 Å². The lowest BCUT2D eigenvalue weighted by molar-refractivity contribution is 0.293. The minimum atomic E-state index is 0.263. The molecule has 0 unspecified atom stereocenters. The first-order valence-electron chi connectivity index (χ1n) is 12.2. The number of para-hydroxylation sites is 1. The number of ether oxygens (including phenoxy) is 3. The molecule has 6 rings (SSSR count). The molecular formula is C31H22N4O3S. The number of benzene rings is 3. The third-order valence-corrected chi connectivity index (χ3v) is 7.12. The van der Waals surface area contributed by atoms with E-state index in [9.17, 15) is 0 Å². The molecule has 0 saturated carbocycles. The molecule has 3 heterocycles. The number of thiazole rings is 1. The van der Waals surface area contributed by atoms with Gasteiger partial charge in [0.2, 0.25) is 5.88 Å². The van der Waals surface area contributed by atoms with E-state index in [0.29, 0.717) is 39.8 Å². The summed E-state index contributed by atoms with van der Waals surface area (Å²) in [7, 11) is 3.19. The summed E-state index contributed by atoms with van der Waals surface area (Å²) in [6.45, 7) is 0.263. The fourth-order valence-electron chi connectivity index (χ4n) is 4.14. The lowest BCUT2D eigenvalue weighted by atomic mass is 10.1. The van der Waals surface area contributed by atoms with Gasteiger partial charge in [-0.25, -0.2) is 19.9 Å². The molecule has 3 aromatic heterocycles. The molecular weight excluding hydrogens is 508 g/mol. The molecule has 0 amide bonds. The molecule has 0 aliphatic rings. The van der Waals surface area contributed by atoms with Gasteiger partial charge in [0.25, 0.3) is 0 Å². The van der Waals surface area contributed by atoms with E-state index in [-0.39, 0.29) is 6.61 Å². The SMILES string of the molecule is COc1cccc(OC)c1C#Cc1nc2ncccc2nc1OCc1ccccc1-c1nc2ccccc2s1.